The summed E-state index contributed by atoms with van der Waals surface area (Å²) in [5, 5.41) is 10.0. The van der Waals surface area contributed by atoms with Crippen molar-refractivity contribution in [3.05, 3.63) is 32.6 Å². The molecule has 0 amide bonds. The molecule has 1 saturated heterocycles. The molecule has 2 unspecified atom stereocenters. The van der Waals surface area contributed by atoms with Crippen LogP contribution >= 0.6 is 0 Å². The van der Waals surface area contributed by atoms with Gasteiger partial charge < -0.3 is 24.1 Å². The van der Waals surface area contributed by atoms with Gasteiger partial charge in [-0.3, -0.25) is 14.3 Å². The third kappa shape index (κ3) is 6.75. The molecule has 2 heterocycles. The van der Waals surface area contributed by atoms with Crippen LogP contribution in [0.4, 0.5) is 0 Å². The number of hydrogen-bond donors (Lipinski definition) is 2. The summed E-state index contributed by atoms with van der Waals surface area (Å²) in [6.07, 6.45) is 0.935. The van der Waals surface area contributed by atoms with Gasteiger partial charge in [0.25, 0.3) is 5.56 Å². The van der Waals surface area contributed by atoms with E-state index in [0.717, 1.165) is 0 Å². The fourth-order valence-corrected chi connectivity index (χ4v) is 3.33. The Labute approximate surface area is 170 Å². The van der Waals surface area contributed by atoms with E-state index in [1.54, 1.807) is 27.7 Å². The highest BCUT2D eigenvalue weighted by molar-refractivity contribution is 5.01. The number of aromatic amines is 1. The zero-order valence-electron chi connectivity index (χ0n) is 18.4. The van der Waals surface area contributed by atoms with E-state index in [2.05, 4.69) is 4.98 Å². The summed E-state index contributed by atoms with van der Waals surface area (Å²) in [4.78, 5) is 26.0. The van der Waals surface area contributed by atoms with Crippen LogP contribution in [0, 0.1) is 6.92 Å². The van der Waals surface area contributed by atoms with E-state index in [0.29, 0.717) is 18.4 Å². The second-order valence-electron chi connectivity index (χ2n) is 8.45. The third-order valence-corrected chi connectivity index (χ3v) is 4.76. The first kappa shape index (κ1) is 23.8. The van der Waals surface area contributed by atoms with Crippen molar-refractivity contribution in [1.82, 2.24) is 9.55 Å². The molecule has 0 bridgehead atoms. The summed E-state index contributed by atoms with van der Waals surface area (Å²) in [5.74, 6) is -2.04. The van der Waals surface area contributed by atoms with Crippen LogP contribution in [0.25, 0.3) is 0 Å². The molecule has 9 heteroatoms. The summed E-state index contributed by atoms with van der Waals surface area (Å²) >= 11 is 0. The van der Waals surface area contributed by atoms with Crippen LogP contribution in [0.1, 0.15) is 66.2 Å². The van der Waals surface area contributed by atoms with Gasteiger partial charge in [-0.25, -0.2) is 4.79 Å². The first-order chi connectivity index (χ1) is 13.3. The van der Waals surface area contributed by atoms with Crippen LogP contribution in [-0.4, -0.2) is 51.2 Å². The molecule has 166 valence electrons. The van der Waals surface area contributed by atoms with E-state index in [4.69, 9.17) is 18.9 Å². The van der Waals surface area contributed by atoms with Crippen molar-refractivity contribution in [3.8, 4) is 0 Å². The molecular weight excluding hydrogens is 380 g/mol. The molecule has 1 aliphatic heterocycles. The lowest BCUT2D eigenvalue weighted by Crippen LogP contribution is -2.52. The molecule has 9 nitrogen and oxygen atoms in total. The fraction of sp³-hybridized carbons (Fsp3) is 0.800. The lowest BCUT2D eigenvalue weighted by molar-refractivity contribution is -0.325. The largest absolute Gasteiger partial charge is 0.366 e. The molecule has 0 radical (unpaired) electrons. The number of H-pyrrole nitrogens is 1. The molecule has 1 aromatic rings. The number of aromatic nitrogens is 2. The predicted molar refractivity (Wildman–Crippen MR) is 107 cm³/mol. The first-order valence-corrected chi connectivity index (χ1v) is 10.0. The molecule has 4 atom stereocenters. The minimum absolute atomic E-state index is 0.242. The van der Waals surface area contributed by atoms with Gasteiger partial charge in [-0.15, -0.1) is 0 Å². The van der Waals surface area contributed by atoms with E-state index in [1.807, 2.05) is 20.8 Å². The quantitative estimate of drug-likeness (QED) is 0.624. The average Bonchev–Trinajstić information content (AvgIpc) is 2.58. The predicted octanol–water partition coefficient (Wildman–Crippen LogP) is 1.81. The van der Waals surface area contributed by atoms with Crippen molar-refractivity contribution >= 4 is 0 Å². The van der Waals surface area contributed by atoms with Gasteiger partial charge in [0.15, 0.2) is 11.6 Å². The Kier molecular flexibility index (Phi) is 7.45. The van der Waals surface area contributed by atoms with Crippen molar-refractivity contribution in [1.29, 1.82) is 0 Å². The molecule has 2 N–H and O–H groups in total. The fourth-order valence-electron chi connectivity index (χ4n) is 3.33. The zero-order valence-corrected chi connectivity index (χ0v) is 18.4. The molecule has 0 saturated carbocycles. The van der Waals surface area contributed by atoms with Crippen molar-refractivity contribution in [3.63, 3.8) is 0 Å². The van der Waals surface area contributed by atoms with Gasteiger partial charge >= 0.3 is 5.69 Å². The molecule has 1 aromatic heterocycles. The van der Waals surface area contributed by atoms with Crippen LogP contribution < -0.4 is 11.2 Å². The molecule has 0 aliphatic carbocycles. The lowest BCUT2D eigenvalue weighted by Gasteiger charge is -2.43. The molecule has 0 aromatic carbocycles. The van der Waals surface area contributed by atoms with Crippen LogP contribution in [0.15, 0.2) is 15.8 Å². The summed E-state index contributed by atoms with van der Waals surface area (Å²) in [7, 11) is 0. The van der Waals surface area contributed by atoms with Crippen LogP contribution in [0.5, 0.6) is 0 Å². The van der Waals surface area contributed by atoms with Crippen molar-refractivity contribution in [2.24, 2.45) is 0 Å². The average molecular weight is 414 g/mol. The SMILES string of the molecule is CC[C@H](C[C@@H]1OC(C)(C)OCC1OC(C)n1cc(C)c(=O)[nH]c1=O)OC(C)(C)O. The van der Waals surface area contributed by atoms with Gasteiger partial charge in [0.05, 0.1) is 18.8 Å². The van der Waals surface area contributed by atoms with E-state index >= 15 is 0 Å². The molecule has 1 aliphatic rings. The van der Waals surface area contributed by atoms with Crippen LogP contribution in [0.3, 0.4) is 0 Å². The minimum Gasteiger partial charge on any atom is -0.366 e. The maximum Gasteiger partial charge on any atom is 0.330 e. The van der Waals surface area contributed by atoms with Crippen molar-refractivity contribution in [2.45, 2.75) is 97.4 Å². The van der Waals surface area contributed by atoms with E-state index < -0.39 is 35.2 Å². The third-order valence-electron chi connectivity index (χ3n) is 4.76. The monoisotopic (exact) mass is 414 g/mol. The van der Waals surface area contributed by atoms with Gasteiger partial charge in [0.1, 0.15) is 12.3 Å². The van der Waals surface area contributed by atoms with Crippen LogP contribution in [-0.2, 0) is 18.9 Å². The van der Waals surface area contributed by atoms with Gasteiger partial charge in [-0.1, -0.05) is 6.92 Å². The number of hydrogen-bond acceptors (Lipinski definition) is 7. The Balaban J connectivity index is 2.18. The number of ether oxygens (including phenoxy) is 4. The topological polar surface area (TPSA) is 112 Å². The Morgan fingerprint density at radius 1 is 1.41 bits per heavy atom. The second kappa shape index (κ2) is 9.09. The Bertz CT molecular complexity index is 793. The van der Waals surface area contributed by atoms with E-state index in [9.17, 15) is 14.7 Å². The van der Waals surface area contributed by atoms with Gasteiger partial charge in [-0.2, -0.15) is 0 Å². The molecule has 29 heavy (non-hydrogen) atoms. The van der Waals surface area contributed by atoms with E-state index in [-0.39, 0.29) is 18.8 Å². The maximum atomic E-state index is 12.2. The zero-order chi connectivity index (χ0) is 22.0. The number of nitrogens with zero attached hydrogens (tertiary/aromatic N) is 1. The van der Waals surface area contributed by atoms with Gasteiger partial charge in [0, 0.05) is 18.2 Å². The standard InChI is InChI=1S/C20H34N2O7/c1-8-14(28-19(4,5)25)9-15-16(11-26-20(6,7)29-15)27-13(3)22-10-12(2)17(23)21-18(22)24/h10,13-16,25H,8-9,11H2,1-7H3,(H,21,23,24)/t13?,14-,15+,16?/m1/s1. The summed E-state index contributed by atoms with van der Waals surface area (Å²) < 4.78 is 25.0. The van der Waals surface area contributed by atoms with Crippen molar-refractivity contribution in [2.75, 3.05) is 6.61 Å². The lowest BCUT2D eigenvalue weighted by atomic mass is 10.0. The normalized spacial score (nSPS) is 24.3. The maximum absolute atomic E-state index is 12.2. The summed E-state index contributed by atoms with van der Waals surface area (Å²) in [5.41, 5.74) is -0.546. The minimum atomic E-state index is -1.26. The smallest absolute Gasteiger partial charge is 0.330 e. The van der Waals surface area contributed by atoms with E-state index in [1.165, 1.54) is 10.8 Å². The first-order valence-electron chi connectivity index (χ1n) is 10.0. The number of nitrogens with one attached hydrogen (secondary N) is 1. The number of rotatable bonds is 8. The highest BCUT2D eigenvalue weighted by Gasteiger charge is 2.40. The molecule has 1 fully saturated rings. The Morgan fingerprint density at radius 2 is 2.07 bits per heavy atom. The molecule has 2 rings (SSSR count). The molecular formula is C20H34N2O7. The Hall–Kier alpha value is -1.52. The highest BCUT2D eigenvalue weighted by atomic mass is 16.7. The summed E-state index contributed by atoms with van der Waals surface area (Å²) in [6.45, 7) is 12.4. The number of aliphatic hydroxyl groups is 1. The van der Waals surface area contributed by atoms with Crippen LogP contribution in [0.2, 0.25) is 0 Å². The van der Waals surface area contributed by atoms with Gasteiger partial charge in [0.2, 0.25) is 0 Å². The number of aryl methyl sites for hydroxylation is 1. The molecule has 0 spiro atoms. The second-order valence-corrected chi connectivity index (χ2v) is 8.45. The van der Waals surface area contributed by atoms with Gasteiger partial charge in [-0.05, 0) is 48.0 Å². The Morgan fingerprint density at radius 3 is 2.66 bits per heavy atom. The van der Waals surface area contributed by atoms with Crippen molar-refractivity contribution < 1.29 is 24.1 Å². The summed E-state index contributed by atoms with van der Waals surface area (Å²) in [6, 6.07) is 0. The highest BCUT2D eigenvalue weighted by Crippen LogP contribution is 2.30.